The number of benzene rings is 1. The molecule has 21 heavy (non-hydrogen) atoms. The average Bonchev–Trinajstić information content (AvgIpc) is 2.39. The van der Waals surface area contributed by atoms with Crippen molar-refractivity contribution in [2.24, 2.45) is 10.7 Å². The maximum Gasteiger partial charge on any atom is 0.189 e. The lowest BCUT2D eigenvalue weighted by Gasteiger charge is -2.15. The lowest BCUT2D eigenvalue weighted by atomic mass is 10.2. The molecule has 0 bridgehead atoms. The molecule has 1 aromatic carbocycles. The molecule has 6 heteroatoms. The Labute approximate surface area is 144 Å². The van der Waals surface area contributed by atoms with E-state index in [9.17, 15) is 0 Å². The Morgan fingerprint density at radius 2 is 1.90 bits per heavy atom. The lowest BCUT2D eigenvalue weighted by molar-refractivity contribution is 0.179. The summed E-state index contributed by atoms with van der Waals surface area (Å²) in [4.78, 5) is 4.26. The summed E-state index contributed by atoms with van der Waals surface area (Å²) in [7, 11) is 1.66. The fourth-order valence-corrected chi connectivity index (χ4v) is 1.70. The predicted octanol–water partition coefficient (Wildman–Crippen LogP) is 2.32. The number of nitrogens with one attached hydrogen (secondary N) is 1. The first-order chi connectivity index (χ1) is 9.51. The molecule has 0 spiro atoms. The monoisotopic (exact) mass is 407 g/mol. The van der Waals surface area contributed by atoms with Crippen LogP contribution in [0.25, 0.3) is 0 Å². The number of aliphatic imine (C=N–C) groups is 1. The third-order valence-corrected chi connectivity index (χ3v) is 2.69. The molecule has 120 valence electrons. The molecule has 2 atom stereocenters. The van der Waals surface area contributed by atoms with E-state index in [-0.39, 0.29) is 36.1 Å². The Bertz CT molecular complexity index is 423. The summed E-state index contributed by atoms with van der Waals surface area (Å²) in [5.41, 5.74) is 7.01. The standard InChI is InChI=1S/C15H25N3O2.HI/c1-11-5-7-14(8-6-11)20-13(3)9-17-15(16)18-12(2)10-19-4;/h5-8,12-13H,9-10H2,1-4H3,(H3,16,17,18);1H. The predicted molar refractivity (Wildman–Crippen MR) is 97.6 cm³/mol. The first-order valence-corrected chi connectivity index (χ1v) is 6.80. The zero-order chi connectivity index (χ0) is 15.0. The van der Waals surface area contributed by atoms with Gasteiger partial charge in [-0.15, -0.1) is 24.0 Å². The zero-order valence-electron chi connectivity index (χ0n) is 13.1. The number of hydrogen-bond acceptors (Lipinski definition) is 3. The molecule has 0 aliphatic heterocycles. The third-order valence-electron chi connectivity index (χ3n) is 2.69. The van der Waals surface area contributed by atoms with Crippen LogP contribution in [0.2, 0.25) is 0 Å². The Morgan fingerprint density at radius 3 is 2.48 bits per heavy atom. The molecule has 1 aromatic rings. The topological polar surface area (TPSA) is 68.9 Å². The second-order valence-electron chi connectivity index (χ2n) is 4.97. The summed E-state index contributed by atoms with van der Waals surface area (Å²) in [6, 6.07) is 8.09. The van der Waals surface area contributed by atoms with Gasteiger partial charge in [0.1, 0.15) is 11.9 Å². The molecule has 0 saturated heterocycles. The molecular weight excluding hydrogens is 381 g/mol. The molecule has 0 aliphatic rings. The quantitative estimate of drug-likeness (QED) is 0.414. The summed E-state index contributed by atoms with van der Waals surface area (Å²) >= 11 is 0. The van der Waals surface area contributed by atoms with E-state index in [1.54, 1.807) is 7.11 Å². The zero-order valence-corrected chi connectivity index (χ0v) is 15.5. The highest BCUT2D eigenvalue weighted by molar-refractivity contribution is 14.0. The number of ether oxygens (including phenoxy) is 2. The van der Waals surface area contributed by atoms with Gasteiger partial charge in [0.25, 0.3) is 0 Å². The van der Waals surface area contributed by atoms with Crippen molar-refractivity contribution < 1.29 is 9.47 Å². The summed E-state index contributed by atoms with van der Waals surface area (Å²) in [6.07, 6.45) is -0.0317. The SMILES string of the molecule is COCC(C)NC(N)=NCC(C)Oc1ccc(C)cc1.I. The van der Waals surface area contributed by atoms with Crippen LogP contribution in [-0.4, -0.2) is 38.4 Å². The van der Waals surface area contributed by atoms with Gasteiger partial charge in [0, 0.05) is 13.2 Å². The molecule has 0 aliphatic carbocycles. The molecule has 0 amide bonds. The van der Waals surface area contributed by atoms with Crippen molar-refractivity contribution in [2.75, 3.05) is 20.3 Å². The maximum atomic E-state index is 5.79. The molecule has 3 N–H and O–H groups in total. The number of nitrogens with zero attached hydrogens (tertiary/aromatic N) is 1. The summed E-state index contributed by atoms with van der Waals surface area (Å²) < 4.78 is 10.8. The maximum absolute atomic E-state index is 5.79. The minimum atomic E-state index is -0.0317. The van der Waals surface area contributed by atoms with E-state index in [1.165, 1.54) is 5.56 Å². The molecular formula is C15H26IN3O2. The number of guanidine groups is 1. The molecule has 0 radical (unpaired) electrons. The Morgan fingerprint density at radius 1 is 1.29 bits per heavy atom. The Kier molecular flexibility index (Phi) is 10.2. The molecule has 0 heterocycles. The van der Waals surface area contributed by atoms with E-state index in [4.69, 9.17) is 15.2 Å². The van der Waals surface area contributed by atoms with Gasteiger partial charge in [0.2, 0.25) is 0 Å². The van der Waals surface area contributed by atoms with Gasteiger partial charge in [0.05, 0.1) is 13.2 Å². The van der Waals surface area contributed by atoms with E-state index in [1.807, 2.05) is 45.0 Å². The van der Waals surface area contributed by atoms with Crippen molar-refractivity contribution in [3.8, 4) is 5.75 Å². The van der Waals surface area contributed by atoms with Gasteiger partial charge in [-0.1, -0.05) is 17.7 Å². The highest BCUT2D eigenvalue weighted by Crippen LogP contribution is 2.13. The number of rotatable bonds is 7. The van der Waals surface area contributed by atoms with Gasteiger partial charge in [0.15, 0.2) is 5.96 Å². The molecule has 0 aromatic heterocycles. The van der Waals surface area contributed by atoms with E-state index >= 15 is 0 Å². The highest BCUT2D eigenvalue weighted by atomic mass is 127. The van der Waals surface area contributed by atoms with E-state index < -0.39 is 0 Å². The van der Waals surface area contributed by atoms with Crippen molar-refractivity contribution in [1.82, 2.24) is 5.32 Å². The second-order valence-corrected chi connectivity index (χ2v) is 4.97. The molecule has 2 unspecified atom stereocenters. The van der Waals surface area contributed by atoms with Crippen LogP contribution in [0.1, 0.15) is 19.4 Å². The first-order valence-electron chi connectivity index (χ1n) is 6.80. The highest BCUT2D eigenvalue weighted by Gasteiger charge is 2.05. The van der Waals surface area contributed by atoms with E-state index in [0.29, 0.717) is 19.1 Å². The summed E-state index contributed by atoms with van der Waals surface area (Å²) in [5.74, 6) is 1.26. The van der Waals surface area contributed by atoms with Gasteiger partial charge in [-0.05, 0) is 32.9 Å². The second kappa shape index (κ2) is 10.7. The smallest absolute Gasteiger partial charge is 0.189 e. The molecule has 1 rings (SSSR count). The van der Waals surface area contributed by atoms with E-state index in [0.717, 1.165) is 5.75 Å². The van der Waals surface area contributed by atoms with Crippen molar-refractivity contribution in [3.63, 3.8) is 0 Å². The van der Waals surface area contributed by atoms with Crippen molar-refractivity contribution in [1.29, 1.82) is 0 Å². The minimum absolute atomic E-state index is 0. The molecule has 0 saturated carbocycles. The summed E-state index contributed by atoms with van der Waals surface area (Å²) in [6.45, 7) is 7.09. The Balaban J connectivity index is 0.00000400. The van der Waals surface area contributed by atoms with Crippen LogP contribution in [-0.2, 0) is 4.74 Å². The van der Waals surface area contributed by atoms with E-state index in [2.05, 4.69) is 10.3 Å². The fraction of sp³-hybridized carbons (Fsp3) is 0.533. The van der Waals surface area contributed by atoms with Crippen molar-refractivity contribution in [3.05, 3.63) is 29.8 Å². The third kappa shape index (κ3) is 8.77. The number of aryl methyl sites for hydroxylation is 1. The van der Waals surface area contributed by atoms with Gasteiger partial charge in [-0.3, -0.25) is 0 Å². The van der Waals surface area contributed by atoms with Crippen LogP contribution in [0, 0.1) is 6.92 Å². The van der Waals surface area contributed by atoms with Crippen LogP contribution in [0.5, 0.6) is 5.75 Å². The number of methoxy groups -OCH3 is 1. The molecule has 0 fully saturated rings. The van der Waals surface area contributed by atoms with Gasteiger partial charge < -0.3 is 20.5 Å². The lowest BCUT2D eigenvalue weighted by Crippen LogP contribution is -2.41. The molecule has 5 nitrogen and oxygen atoms in total. The largest absolute Gasteiger partial charge is 0.489 e. The van der Waals surface area contributed by atoms with Crippen molar-refractivity contribution >= 4 is 29.9 Å². The normalized spacial score (nSPS) is 14.0. The number of halogens is 1. The van der Waals surface area contributed by atoms with Crippen LogP contribution >= 0.6 is 24.0 Å². The minimum Gasteiger partial charge on any atom is -0.489 e. The van der Waals surface area contributed by atoms with Gasteiger partial charge in [-0.2, -0.15) is 0 Å². The van der Waals surface area contributed by atoms with Crippen molar-refractivity contribution in [2.45, 2.75) is 32.9 Å². The van der Waals surface area contributed by atoms with Crippen LogP contribution in [0.3, 0.4) is 0 Å². The average molecular weight is 407 g/mol. The van der Waals surface area contributed by atoms with Crippen LogP contribution in [0.4, 0.5) is 0 Å². The number of hydrogen-bond donors (Lipinski definition) is 2. The first kappa shape index (κ1) is 20.0. The Hall–Kier alpha value is -1.02. The van der Waals surface area contributed by atoms with Gasteiger partial charge in [-0.25, -0.2) is 4.99 Å². The number of nitrogens with two attached hydrogens (primary N) is 1. The fourth-order valence-electron chi connectivity index (χ4n) is 1.70. The van der Waals surface area contributed by atoms with Crippen LogP contribution < -0.4 is 15.8 Å². The van der Waals surface area contributed by atoms with Crippen LogP contribution in [0.15, 0.2) is 29.3 Å². The van der Waals surface area contributed by atoms with Gasteiger partial charge >= 0.3 is 0 Å². The summed E-state index contributed by atoms with van der Waals surface area (Å²) in [5, 5.41) is 3.05.